The van der Waals surface area contributed by atoms with Gasteiger partial charge in [0.1, 0.15) is 29.5 Å². The van der Waals surface area contributed by atoms with Crippen molar-refractivity contribution in [1.82, 2.24) is 5.32 Å². The van der Waals surface area contributed by atoms with E-state index in [-0.39, 0.29) is 18.6 Å². The molecule has 15 nitrogen and oxygen atoms in total. The Morgan fingerprint density at radius 2 is 1.56 bits per heavy atom. The number of rotatable bonds is 8. The minimum Gasteiger partial charge on any atom is -0.460 e. The molecule has 0 aromatic heterocycles. The first kappa shape index (κ1) is 42.7. The van der Waals surface area contributed by atoms with E-state index in [4.69, 9.17) is 23.7 Å². The lowest BCUT2D eigenvalue weighted by atomic mass is 9.26. The molecule has 3 unspecified atom stereocenters. The number of ether oxygens (including phenoxy) is 5. The SMILES string of the molecule is CC(=O)O[C@@]12CO[C@@H]1C[C@H](O)[C@@]1(C)C(=O)[C@H](O)C3C(C)[C@@H](OC(=O)[C@H](O)[C@@H](NC(=O)OC(C)(C)C)c4ccccc4)C[C@]4(O)[C@@]3(C)[C@H](C)[C@@]4(OC(=O)c3ccccc3)C12. The molecule has 0 radical (unpaired) electrons. The van der Waals surface area contributed by atoms with E-state index in [2.05, 4.69) is 5.32 Å². The van der Waals surface area contributed by atoms with E-state index < -0.39 is 130 Å². The molecule has 6 aliphatic rings. The molecule has 6 fully saturated rings. The summed E-state index contributed by atoms with van der Waals surface area (Å²) in [5.41, 5.74) is -9.97. The van der Waals surface area contributed by atoms with Gasteiger partial charge in [0.2, 0.25) is 0 Å². The van der Waals surface area contributed by atoms with Crippen LogP contribution in [0.15, 0.2) is 60.7 Å². The molecule has 5 N–H and O–H groups in total. The van der Waals surface area contributed by atoms with Crippen LogP contribution in [0.5, 0.6) is 0 Å². The maximum Gasteiger partial charge on any atom is 0.408 e. The van der Waals surface area contributed by atoms with Gasteiger partial charge in [-0.2, -0.15) is 0 Å². The lowest BCUT2D eigenvalue weighted by molar-refractivity contribution is -0.451. The molecule has 5 aliphatic carbocycles. The third kappa shape index (κ3) is 6.05. The standard InChI is InChI=1S/C44H55NO14/c1-22-27(56-36(52)33(49)31(25-15-11-9-12-16-25)45-38(53)59-39(4,5)6)20-43(54)41(8)23(2)44(43,58-35(51)26-17-13-10-14-18-26)37-40(7,34(50)32(48)30(22)41)28(47)19-29-42(37,21-55-29)57-24(3)46/h9-18,22-23,27-33,37,47-49,54H,19-21H2,1-8H3,(H,45,53)/t22?,23-,27-,28-,29+,30?,31-,32+,33+,37?,40-,41-,42-,43-,44+/m0/s1. The average Bonchev–Trinajstić information content (AvgIpc) is 3.17. The summed E-state index contributed by atoms with van der Waals surface area (Å²) >= 11 is 0. The summed E-state index contributed by atoms with van der Waals surface area (Å²) in [7, 11) is 0. The Morgan fingerprint density at radius 3 is 2.12 bits per heavy atom. The summed E-state index contributed by atoms with van der Waals surface area (Å²) in [6.45, 7) is 12.4. The van der Waals surface area contributed by atoms with Gasteiger partial charge in [0, 0.05) is 37.0 Å². The van der Waals surface area contributed by atoms with Crippen molar-refractivity contribution in [1.29, 1.82) is 0 Å². The summed E-state index contributed by atoms with van der Waals surface area (Å²) in [5.74, 6) is -8.07. The topological polar surface area (TPSA) is 224 Å². The number of fused-ring (bicyclic) bond motifs is 2. The van der Waals surface area contributed by atoms with Gasteiger partial charge in [-0.3, -0.25) is 9.59 Å². The van der Waals surface area contributed by atoms with E-state index in [0.717, 1.165) is 0 Å². The van der Waals surface area contributed by atoms with E-state index in [9.17, 15) is 39.6 Å². The zero-order valence-corrected chi connectivity index (χ0v) is 34.5. The number of carbonyl (C=O) groups excluding carboxylic acids is 5. The number of nitrogens with one attached hydrogen (secondary N) is 1. The Morgan fingerprint density at radius 1 is 0.949 bits per heavy atom. The molecule has 1 amide bonds. The van der Waals surface area contributed by atoms with Gasteiger partial charge in [-0.1, -0.05) is 69.3 Å². The highest BCUT2D eigenvalue weighted by Crippen LogP contribution is 2.79. The van der Waals surface area contributed by atoms with E-state index in [1.807, 2.05) is 0 Å². The highest BCUT2D eigenvalue weighted by molar-refractivity contribution is 5.93. The van der Waals surface area contributed by atoms with Gasteiger partial charge in [0.05, 0.1) is 35.6 Å². The van der Waals surface area contributed by atoms with Crippen molar-refractivity contribution in [3.63, 3.8) is 0 Å². The molecule has 15 atom stereocenters. The van der Waals surface area contributed by atoms with Crippen molar-refractivity contribution in [2.24, 2.45) is 34.5 Å². The molecule has 0 spiro atoms. The lowest BCUT2D eigenvalue weighted by Crippen LogP contribution is -2.95. The number of Topliss-reactive ketones (excluding diaryl/α,β-unsaturated/α-hetero) is 1. The smallest absolute Gasteiger partial charge is 0.408 e. The minimum absolute atomic E-state index is 0.108. The Labute approximate surface area is 342 Å². The number of esters is 3. The van der Waals surface area contributed by atoms with Crippen LogP contribution in [0.3, 0.4) is 0 Å². The molecule has 2 aromatic carbocycles. The maximum atomic E-state index is 15.1. The first-order valence-corrected chi connectivity index (χ1v) is 20.2. The van der Waals surface area contributed by atoms with E-state index >= 15 is 4.79 Å². The van der Waals surface area contributed by atoms with Crippen LogP contribution in [0.2, 0.25) is 0 Å². The fraction of sp³-hybridized carbons (Fsp3) is 0.614. The normalized spacial score (nSPS) is 40.4. The third-order valence-corrected chi connectivity index (χ3v) is 14.5. The van der Waals surface area contributed by atoms with Crippen LogP contribution in [-0.2, 0) is 38.1 Å². The predicted molar refractivity (Wildman–Crippen MR) is 206 cm³/mol. The fourth-order valence-electron chi connectivity index (χ4n) is 11.8. The monoisotopic (exact) mass is 821 g/mol. The summed E-state index contributed by atoms with van der Waals surface area (Å²) < 4.78 is 30.2. The summed E-state index contributed by atoms with van der Waals surface area (Å²) in [4.78, 5) is 69.6. The summed E-state index contributed by atoms with van der Waals surface area (Å²) in [6, 6.07) is 14.8. The van der Waals surface area contributed by atoms with Crippen molar-refractivity contribution in [2.45, 2.75) is 127 Å². The van der Waals surface area contributed by atoms with Gasteiger partial charge < -0.3 is 49.4 Å². The molecule has 15 heteroatoms. The first-order chi connectivity index (χ1) is 27.5. The molecule has 4 bridgehead atoms. The van der Waals surface area contributed by atoms with Crippen LogP contribution in [0.25, 0.3) is 0 Å². The summed E-state index contributed by atoms with van der Waals surface area (Å²) in [5, 5.41) is 52.3. The maximum absolute atomic E-state index is 15.1. The van der Waals surface area contributed by atoms with Gasteiger partial charge in [0.15, 0.2) is 23.1 Å². The molecule has 5 saturated carbocycles. The van der Waals surface area contributed by atoms with Gasteiger partial charge in [0.25, 0.3) is 0 Å². The molecule has 59 heavy (non-hydrogen) atoms. The number of carbonyl (C=O) groups is 5. The van der Waals surface area contributed by atoms with Crippen molar-refractivity contribution >= 4 is 29.8 Å². The second kappa shape index (κ2) is 14.4. The van der Waals surface area contributed by atoms with Crippen molar-refractivity contribution < 1.29 is 68.1 Å². The number of aliphatic hydroxyl groups excluding tert-OH is 3. The number of benzene rings is 2. The number of aliphatic hydroxyl groups is 4. The number of alkyl carbamates (subject to hydrolysis) is 1. The largest absolute Gasteiger partial charge is 0.460 e. The Balaban J connectivity index is 1.35. The van der Waals surface area contributed by atoms with Crippen LogP contribution in [0.1, 0.15) is 90.2 Å². The van der Waals surface area contributed by atoms with Gasteiger partial charge >= 0.3 is 24.0 Å². The third-order valence-electron chi connectivity index (χ3n) is 14.5. The Bertz CT molecular complexity index is 2010. The van der Waals surface area contributed by atoms with Crippen LogP contribution in [0, 0.1) is 34.5 Å². The second-order valence-corrected chi connectivity index (χ2v) is 18.6. The predicted octanol–water partition coefficient (Wildman–Crippen LogP) is 3.20. The molecule has 2 aromatic rings. The number of amides is 1. The van der Waals surface area contributed by atoms with Gasteiger partial charge in [-0.25, -0.2) is 14.4 Å². The molecule has 8 rings (SSSR count). The Kier molecular flexibility index (Phi) is 10.4. The van der Waals surface area contributed by atoms with Crippen LogP contribution in [-0.4, -0.2) is 110 Å². The zero-order valence-electron chi connectivity index (χ0n) is 34.5. The van der Waals surface area contributed by atoms with Crippen molar-refractivity contribution in [3.8, 4) is 0 Å². The quantitative estimate of drug-likeness (QED) is 0.191. The highest BCUT2D eigenvalue weighted by atomic mass is 16.6. The average molecular weight is 822 g/mol. The fourth-order valence-corrected chi connectivity index (χ4v) is 11.8. The molecule has 1 saturated heterocycles. The van der Waals surface area contributed by atoms with Gasteiger partial charge in [-0.05, 0) is 51.3 Å². The van der Waals surface area contributed by atoms with Crippen molar-refractivity contribution in [2.75, 3.05) is 6.61 Å². The molecule has 1 aliphatic heterocycles. The molecule has 1 heterocycles. The van der Waals surface area contributed by atoms with Crippen molar-refractivity contribution in [3.05, 3.63) is 71.8 Å². The molecular formula is C44H55NO14. The number of hydrogen-bond donors (Lipinski definition) is 5. The Hall–Kier alpha value is -4.41. The van der Waals surface area contributed by atoms with Crippen LogP contribution in [0.4, 0.5) is 4.79 Å². The zero-order chi connectivity index (χ0) is 43.2. The van der Waals surface area contributed by atoms with Crippen LogP contribution >= 0.6 is 0 Å². The van der Waals surface area contributed by atoms with Crippen LogP contribution < -0.4 is 5.32 Å². The van der Waals surface area contributed by atoms with E-state index in [1.165, 1.54) is 26.0 Å². The first-order valence-electron chi connectivity index (χ1n) is 20.2. The highest BCUT2D eigenvalue weighted by Gasteiger charge is 2.92. The summed E-state index contributed by atoms with van der Waals surface area (Å²) in [6.07, 6.45) is -9.23. The molecule has 320 valence electrons. The number of ketones is 1. The minimum atomic E-state index is -2.25. The molecular weight excluding hydrogens is 766 g/mol. The van der Waals surface area contributed by atoms with E-state index in [1.54, 1.807) is 90.1 Å². The lowest BCUT2D eigenvalue weighted by Gasteiger charge is -2.82. The van der Waals surface area contributed by atoms with Gasteiger partial charge in [-0.15, -0.1) is 0 Å². The van der Waals surface area contributed by atoms with E-state index in [0.29, 0.717) is 5.56 Å². The number of hydrogen-bond acceptors (Lipinski definition) is 14. The second-order valence-electron chi connectivity index (χ2n) is 18.6.